The first-order valence-corrected chi connectivity index (χ1v) is 7.85. The minimum atomic E-state index is -0.367. The highest BCUT2D eigenvalue weighted by molar-refractivity contribution is 5.98. The lowest BCUT2D eigenvalue weighted by molar-refractivity contribution is 0.0935. The van der Waals surface area contributed by atoms with Gasteiger partial charge in [-0.3, -0.25) is 9.78 Å². The van der Waals surface area contributed by atoms with Crippen molar-refractivity contribution in [2.24, 2.45) is 0 Å². The van der Waals surface area contributed by atoms with Crippen molar-refractivity contribution in [3.8, 4) is 5.75 Å². The van der Waals surface area contributed by atoms with Crippen molar-refractivity contribution in [2.45, 2.75) is 19.9 Å². The molecule has 0 fully saturated rings. The van der Waals surface area contributed by atoms with Gasteiger partial charge in [-0.2, -0.15) is 0 Å². The molecule has 128 valence electrons. The number of amides is 1. The Bertz CT molecular complexity index is 929. The quantitative estimate of drug-likeness (QED) is 0.789. The molecule has 3 rings (SSSR count). The fourth-order valence-corrected chi connectivity index (χ4v) is 2.72. The molecule has 0 aliphatic rings. The number of carbonyl (C=O) groups is 1. The van der Waals surface area contributed by atoms with E-state index in [1.54, 1.807) is 19.3 Å². The maximum absolute atomic E-state index is 13.7. The van der Waals surface area contributed by atoms with E-state index in [1.807, 2.05) is 19.1 Å². The lowest BCUT2D eigenvalue weighted by atomic mass is 10.1. The van der Waals surface area contributed by atoms with Crippen LogP contribution in [0.3, 0.4) is 0 Å². The normalized spacial score (nSPS) is 12.0. The largest absolute Gasteiger partial charge is 0.496 e. The Morgan fingerprint density at radius 3 is 2.64 bits per heavy atom. The third-order valence-corrected chi connectivity index (χ3v) is 4.04. The zero-order valence-corrected chi connectivity index (χ0v) is 14.2. The number of pyridine rings is 2. The van der Waals surface area contributed by atoms with Crippen molar-refractivity contribution in [2.75, 3.05) is 7.11 Å². The molecular weight excluding hydrogens is 321 g/mol. The fraction of sp³-hybridized carbons (Fsp3) is 0.211. The lowest BCUT2D eigenvalue weighted by Gasteiger charge is -2.15. The minimum absolute atomic E-state index is 0.201. The van der Waals surface area contributed by atoms with Crippen molar-refractivity contribution in [1.29, 1.82) is 0 Å². The Morgan fingerprint density at radius 2 is 1.96 bits per heavy atom. The molecule has 0 saturated heterocycles. The highest BCUT2D eigenvalue weighted by Gasteiger charge is 2.17. The van der Waals surface area contributed by atoms with Gasteiger partial charge >= 0.3 is 0 Å². The summed E-state index contributed by atoms with van der Waals surface area (Å²) in [5.74, 6) is -0.281. The number of hydrogen-bond acceptors (Lipinski definition) is 4. The number of nitrogens with zero attached hydrogens (tertiary/aromatic N) is 2. The summed E-state index contributed by atoms with van der Waals surface area (Å²) in [7, 11) is 1.48. The van der Waals surface area contributed by atoms with E-state index in [4.69, 9.17) is 4.74 Å². The molecule has 3 aromatic rings. The first-order valence-electron chi connectivity index (χ1n) is 7.85. The summed E-state index contributed by atoms with van der Waals surface area (Å²) in [6, 6.07) is 7.74. The van der Waals surface area contributed by atoms with Crippen LogP contribution in [0.4, 0.5) is 4.39 Å². The van der Waals surface area contributed by atoms with Crippen LogP contribution in [0.2, 0.25) is 0 Å². The molecule has 0 aliphatic heterocycles. The number of methoxy groups -OCH3 is 1. The van der Waals surface area contributed by atoms with Gasteiger partial charge in [-0.25, -0.2) is 9.37 Å². The number of halogens is 1. The SMILES string of the molecule is COc1cc(C(=O)NC(C)c2ccncc2)nc2c(C)cc(F)cc12. The summed E-state index contributed by atoms with van der Waals surface area (Å²) in [5, 5.41) is 3.44. The van der Waals surface area contributed by atoms with Crippen LogP contribution in [0.25, 0.3) is 10.9 Å². The molecule has 0 aliphatic carbocycles. The van der Waals surface area contributed by atoms with Gasteiger partial charge in [0.25, 0.3) is 5.91 Å². The minimum Gasteiger partial charge on any atom is -0.496 e. The van der Waals surface area contributed by atoms with E-state index in [1.165, 1.54) is 25.3 Å². The molecule has 5 nitrogen and oxygen atoms in total. The molecule has 0 bridgehead atoms. The van der Waals surface area contributed by atoms with Gasteiger partial charge in [-0.1, -0.05) is 0 Å². The second-order valence-corrected chi connectivity index (χ2v) is 5.80. The number of aryl methyl sites for hydroxylation is 1. The van der Waals surface area contributed by atoms with E-state index in [9.17, 15) is 9.18 Å². The maximum Gasteiger partial charge on any atom is 0.270 e. The van der Waals surface area contributed by atoms with Crippen molar-refractivity contribution < 1.29 is 13.9 Å². The van der Waals surface area contributed by atoms with Crippen LogP contribution in [0.1, 0.15) is 34.6 Å². The van der Waals surface area contributed by atoms with Crippen molar-refractivity contribution >= 4 is 16.8 Å². The summed E-state index contributed by atoms with van der Waals surface area (Å²) >= 11 is 0. The summed E-state index contributed by atoms with van der Waals surface area (Å²) in [6.45, 7) is 3.63. The molecule has 6 heteroatoms. The van der Waals surface area contributed by atoms with Crippen LogP contribution < -0.4 is 10.1 Å². The number of ether oxygens (including phenoxy) is 1. The highest BCUT2D eigenvalue weighted by atomic mass is 19.1. The second-order valence-electron chi connectivity index (χ2n) is 5.80. The number of aromatic nitrogens is 2. The second kappa shape index (κ2) is 6.84. The molecule has 0 radical (unpaired) electrons. The number of benzene rings is 1. The van der Waals surface area contributed by atoms with E-state index in [0.29, 0.717) is 22.2 Å². The Hall–Kier alpha value is -3.02. The smallest absolute Gasteiger partial charge is 0.270 e. The monoisotopic (exact) mass is 339 g/mol. The topological polar surface area (TPSA) is 64.1 Å². The number of rotatable bonds is 4. The first kappa shape index (κ1) is 16.8. The van der Waals surface area contributed by atoms with Crippen LogP contribution in [0.15, 0.2) is 42.7 Å². The summed E-state index contributed by atoms with van der Waals surface area (Å²) in [6.07, 6.45) is 3.35. The zero-order chi connectivity index (χ0) is 18.0. The molecule has 0 spiro atoms. The Kier molecular flexibility index (Phi) is 4.61. The van der Waals surface area contributed by atoms with Gasteiger partial charge in [0.1, 0.15) is 17.3 Å². The van der Waals surface area contributed by atoms with Crippen molar-refractivity contribution in [3.63, 3.8) is 0 Å². The van der Waals surface area contributed by atoms with Crippen LogP contribution in [-0.2, 0) is 0 Å². The molecule has 1 aromatic carbocycles. The Labute approximate surface area is 144 Å². The molecule has 25 heavy (non-hydrogen) atoms. The Balaban J connectivity index is 1.96. The van der Waals surface area contributed by atoms with Gasteiger partial charge in [0.15, 0.2) is 0 Å². The first-order chi connectivity index (χ1) is 12.0. The van der Waals surface area contributed by atoms with Gasteiger partial charge in [-0.15, -0.1) is 0 Å². The maximum atomic E-state index is 13.7. The number of nitrogens with one attached hydrogen (secondary N) is 1. The average molecular weight is 339 g/mol. The standard InChI is InChI=1S/C19H18FN3O2/c1-11-8-14(20)9-15-17(25-3)10-16(23-18(11)15)19(24)22-12(2)13-4-6-21-7-5-13/h4-10,12H,1-3H3,(H,22,24). The van der Waals surface area contributed by atoms with E-state index in [-0.39, 0.29) is 23.5 Å². The van der Waals surface area contributed by atoms with Gasteiger partial charge < -0.3 is 10.1 Å². The van der Waals surface area contributed by atoms with E-state index in [0.717, 1.165) is 5.56 Å². The van der Waals surface area contributed by atoms with Crippen molar-refractivity contribution in [1.82, 2.24) is 15.3 Å². The molecule has 1 amide bonds. The number of fused-ring (bicyclic) bond motifs is 1. The molecule has 1 unspecified atom stereocenters. The van der Waals surface area contributed by atoms with Crippen LogP contribution in [-0.4, -0.2) is 23.0 Å². The van der Waals surface area contributed by atoms with Crippen LogP contribution in [0.5, 0.6) is 5.75 Å². The fourth-order valence-electron chi connectivity index (χ4n) is 2.72. The summed E-state index contributed by atoms with van der Waals surface area (Å²) in [4.78, 5) is 21.0. The third-order valence-electron chi connectivity index (χ3n) is 4.04. The summed E-state index contributed by atoms with van der Waals surface area (Å²) < 4.78 is 19.0. The highest BCUT2D eigenvalue weighted by Crippen LogP contribution is 2.28. The number of hydrogen-bond donors (Lipinski definition) is 1. The van der Waals surface area contributed by atoms with Crippen LogP contribution >= 0.6 is 0 Å². The van der Waals surface area contributed by atoms with Gasteiger partial charge in [0.05, 0.1) is 18.7 Å². The van der Waals surface area contributed by atoms with Gasteiger partial charge in [0.2, 0.25) is 0 Å². The predicted octanol–water partition coefficient (Wildman–Crippen LogP) is 3.58. The lowest BCUT2D eigenvalue weighted by Crippen LogP contribution is -2.27. The van der Waals surface area contributed by atoms with E-state index < -0.39 is 0 Å². The van der Waals surface area contributed by atoms with E-state index >= 15 is 0 Å². The van der Waals surface area contributed by atoms with Crippen LogP contribution in [0, 0.1) is 12.7 Å². The zero-order valence-electron chi connectivity index (χ0n) is 14.2. The van der Waals surface area contributed by atoms with Gasteiger partial charge in [0, 0.05) is 23.8 Å². The summed E-state index contributed by atoms with van der Waals surface area (Å²) in [5.41, 5.74) is 2.35. The molecular formula is C19H18FN3O2. The average Bonchev–Trinajstić information content (AvgIpc) is 2.61. The van der Waals surface area contributed by atoms with Gasteiger partial charge in [-0.05, 0) is 49.2 Å². The Morgan fingerprint density at radius 1 is 1.24 bits per heavy atom. The molecule has 1 N–H and O–H groups in total. The molecule has 1 atom stereocenters. The number of carbonyl (C=O) groups excluding carboxylic acids is 1. The van der Waals surface area contributed by atoms with Crippen molar-refractivity contribution in [3.05, 3.63) is 65.4 Å². The molecule has 0 saturated carbocycles. The third kappa shape index (κ3) is 3.42. The molecule has 2 heterocycles. The molecule has 2 aromatic heterocycles. The predicted molar refractivity (Wildman–Crippen MR) is 93.1 cm³/mol. The van der Waals surface area contributed by atoms with E-state index in [2.05, 4.69) is 15.3 Å².